The minimum absolute atomic E-state index is 0.0709. The number of sulfonamides is 1. The highest BCUT2D eigenvalue weighted by molar-refractivity contribution is 7.92. The van der Waals surface area contributed by atoms with E-state index in [0.717, 1.165) is 62.2 Å². The fraction of sp³-hybridized carbons (Fsp3) is 0.455. The molecule has 1 fully saturated rings. The topological polar surface area (TPSA) is 92.2 Å². The van der Waals surface area contributed by atoms with E-state index in [1.165, 1.54) is 0 Å². The lowest BCUT2D eigenvalue weighted by atomic mass is 10.0. The van der Waals surface area contributed by atoms with E-state index in [1.54, 1.807) is 13.0 Å². The number of hydrogen-bond acceptors (Lipinski definition) is 6. The normalized spacial score (nSPS) is 15.5. The molecule has 9 heteroatoms. The van der Waals surface area contributed by atoms with Crippen molar-refractivity contribution < 1.29 is 8.42 Å². The van der Waals surface area contributed by atoms with Gasteiger partial charge in [0.2, 0.25) is 10.0 Å². The molecule has 0 bridgehead atoms. The van der Waals surface area contributed by atoms with Crippen molar-refractivity contribution in [1.82, 2.24) is 20.3 Å². The van der Waals surface area contributed by atoms with E-state index in [9.17, 15) is 8.42 Å². The van der Waals surface area contributed by atoms with Crippen molar-refractivity contribution in [1.29, 1.82) is 0 Å². The number of rotatable bonds is 9. The molecule has 0 saturated carbocycles. The monoisotopic (exact) mass is 442 g/mol. The summed E-state index contributed by atoms with van der Waals surface area (Å²) < 4.78 is 28.3. The van der Waals surface area contributed by atoms with Crippen molar-refractivity contribution in [3.8, 4) is 0 Å². The third kappa shape index (κ3) is 5.54. The summed E-state index contributed by atoms with van der Waals surface area (Å²) in [5.41, 5.74) is 3.71. The smallest absolute Gasteiger partial charge is 0.232 e. The summed E-state index contributed by atoms with van der Waals surface area (Å²) in [6.45, 7) is 5.35. The molecule has 1 saturated heterocycles. The van der Waals surface area contributed by atoms with Gasteiger partial charge >= 0.3 is 0 Å². The van der Waals surface area contributed by atoms with Crippen LogP contribution >= 0.6 is 0 Å². The first kappa shape index (κ1) is 21.6. The first-order chi connectivity index (χ1) is 15.0. The van der Waals surface area contributed by atoms with Crippen LogP contribution in [0.2, 0.25) is 0 Å². The van der Waals surface area contributed by atoms with Gasteiger partial charge in [-0.25, -0.2) is 13.1 Å². The molecule has 1 aliphatic heterocycles. The Hall–Kier alpha value is -2.65. The predicted molar refractivity (Wildman–Crippen MR) is 125 cm³/mol. The first-order valence-corrected chi connectivity index (χ1v) is 12.6. The summed E-state index contributed by atoms with van der Waals surface area (Å²) in [6.07, 6.45) is 3.14. The number of benzene rings is 2. The van der Waals surface area contributed by atoms with Crippen LogP contribution in [0.1, 0.15) is 26.2 Å². The third-order valence-corrected chi connectivity index (χ3v) is 7.07. The maximum atomic E-state index is 11.8. The summed E-state index contributed by atoms with van der Waals surface area (Å²) in [5, 5.41) is 12.1. The van der Waals surface area contributed by atoms with Gasteiger partial charge in [0.05, 0.1) is 17.0 Å². The molecule has 2 N–H and O–H groups in total. The highest BCUT2D eigenvalue weighted by atomic mass is 32.2. The van der Waals surface area contributed by atoms with E-state index in [-0.39, 0.29) is 5.75 Å². The predicted octanol–water partition coefficient (Wildman–Crippen LogP) is 2.84. The molecule has 0 radical (unpaired) electrons. The zero-order valence-electron chi connectivity index (χ0n) is 17.9. The zero-order chi connectivity index (χ0) is 21.7. The van der Waals surface area contributed by atoms with E-state index in [4.69, 9.17) is 0 Å². The Morgan fingerprint density at radius 3 is 2.71 bits per heavy atom. The molecule has 4 rings (SSSR count). The Balaban J connectivity index is 1.22. The number of fused-ring (bicyclic) bond motifs is 1. The van der Waals surface area contributed by atoms with Crippen LogP contribution in [0.4, 0.5) is 11.4 Å². The van der Waals surface area contributed by atoms with Crippen molar-refractivity contribution in [2.45, 2.75) is 38.8 Å². The average molecular weight is 443 g/mol. The Labute approximate surface area is 183 Å². The van der Waals surface area contributed by atoms with Crippen molar-refractivity contribution >= 4 is 32.4 Å². The minimum Gasteiger partial charge on any atom is -0.371 e. The lowest BCUT2D eigenvalue weighted by molar-refractivity contribution is 0.404. The fourth-order valence-corrected chi connectivity index (χ4v) is 4.61. The third-order valence-electron chi connectivity index (χ3n) is 5.76. The van der Waals surface area contributed by atoms with Gasteiger partial charge in [0, 0.05) is 31.4 Å². The number of aromatic nitrogens is 3. The van der Waals surface area contributed by atoms with Gasteiger partial charge in [0.25, 0.3) is 0 Å². The number of nitrogens with one attached hydrogen (secondary N) is 2. The van der Waals surface area contributed by atoms with Crippen LogP contribution in [0.5, 0.6) is 0 Å². The molecule has 2 aromatic carbocycles. The number of hydrogen-bond donors (Lipinski definition) is 2. The van der Waals surface area contributed by atoms with Crippen LogP contribution < -0.4 is 14.9 Å². The second kappa shape index (κ2) is 9.65. The summed E-state index contributed by atoms with van der Waals surface area (Å²) in [4.78, 5) is 2.32. The fourth-order valence-electron chi connectivity index (χ4n) is 3.98. The molecule has 31 heavy (non-hydrogen) atoms. The van der Waals surface area contributed by atoms with E-state index in [0.29, 0.717) is 11.7 Å². The largest absolute Gasteiger partial charge is 0.371 e. The molecule has 166 valence electrons. The number of nitrogens with zero attached hydrogens (tertiary/aromatic N) is 4. The number of para-hydroxylation sites is 1. The van der Waals surface area contributed by atoms with E-state index in [1.807, 2.05) is 41.1 Å². The van der Waals surface area contributed by atoms with Gasteiger partial charge in [-0.1, -0.05) is 23.4 Å². The molecule has 0 aliphatic carbocycles. The van der Waals surface area contributed by atoms with Gasteiger partial charge in [-0.15, -0.1) is 5.10 Å². The van der Waals surface area contributed by atoms with Gasteiger partial charge in [-0.05, 0) is 63.1 Å². The standard InChI is InChI=1S/C22H30N6O2S/c1-2-31(29,30)25-19-7-5-8-20(17-19)27-15-11-18(12-16-27)23-13-6-14-28-22-10-4-3-9-21(22)24-26-28/h3-5,7-10,17-18,23,25H,2,6,11-16H2,1H3. The molecule has 3 aromatic rings. The quantitative estimate of drug-likeness (QED) is 0.495. The average Bonchev–Trinajstić information content (AvgIpc) is 3.20. The van der Waals surface area contributed by atoms with Crippen LogP contribution in [-0.2, 0) is 16.6 Å². The minimum atomic E-state index is -3.26. The number of aryl methyl sites for hydroxylation is 1. The molecule has 8 nitrogen and oxygen atoms in total. The highest BCUT2D eigenvalue weighted by Gasteiger charge is 2.19. The molecule has 0 unspecified atom stereocenters. The Kier molecular flexibility index (Phi) is 6.72. The van der Waals surface area contributed by atoms with E-state index < -0.39 is 10.0 Å². The molecular weight excluding hydrogens is 412 g/mol. The Morgan fingerprint density at radius 1 is 1.10 bits per heavy atom. The van der Waals surface area contributed by atoms with Gasteiger partial charge in [-0.2, -0.15) is 0 Å². The summed E-state index contributed by atoms with van der Waals surface area (Å²) in [5.74, 6) is 0.0709. The van der Waals surface area contributed by atoms with Gasteiger partial charge in [-0.3, -0.25) is 4.72 Å². The van der Waals surface area contributed by atoms with Crippen LogP contribution in [0.25, 0.3) is 11.0 Å². The number of anilines is 2. The van der Waals surface area contributed by atoms with Crippen LogP contribution in [-0.4, -0.2) is 54.8 Å². The Bertz CT molecular complexity index is 1110. The lowest BCUT2D eigenvalue weighted by Crippen LogP contribution is -2.43. The maximum absolute atomic E-state index is 11.8. The second-order valence-corrected chi connectivity index (χ2v) is 9.94. The maximum Gasteiger partial charge on any atom is 0.232 e. The van der Waals surface area contributed by atoms with Crippen molar-refractivity contribution in [3.05, 3.63) is 48.5 Å². The van der Waals surface area contributed by atoms with Crippen LogP contribution in [0, 0.1) is 0 Å². The van der Waals surface area contributed by atoms with Gasteiger partial charge in [0.15, 0.2) is 0 Å². The first-order valence-electron chi connectivity index (χ1n) is 10.9. The van der Waals surface area contributed by atoms with Crippen molar-refractivity contribution in [3.63, 3.8) is 0 Å². The lowest BCUT2D eigenvalue weighted by Gasteiger charge is -2.34. The van der Waals surface area contributed by atoms with Crippen molar-refractivity contribution in [2.24, 2.45) is 0 Å². The molecule has 1 aromatic heterocycles. The molecule has 1 aliphatic rings. The van der Waals surface area contributed by atoms with Gasteiger partial charge < -0.3 is 10.2 Å². The molecule has 0 spiro atoms. The zero-order valence-corrected chi connectivity index (χ0v) is 18.7. The molecule has 0 atom stereocenters. The van der Waals surface area contributed by atoms with Crippen molar-refractivity contribution in [2.75, 3.05) is 35.0 Å². The van der Waals surface area contributed by atoms with Crippen LogP contribution in [0.15, 0.2) is 48.5 Å². The highest BCUT2D eigenvalue weighted by Crippen LogP contribution is 2.24. The number of piperidine rings is 1. The second-order valence-electron chi connectivity index (χ2n) is 7.93. The summed E-state index contributed by atoms with van der Waals surface area (Å²) in [6, 6.07) is 16.2. The summed E-state index contributed by atoms with van der Waals surface area (Å²) >= 11 is 0. The SMILES string of the molecule is CCS(=O)(=O)Nc1cccc(N2CCC(NCCCn3nnc4ccccc43)CC2)c1. The van der Waals surface area contributed by atoms with E-state index in [2.05, 4.69) is 31.3 Å². The molecule has 0 amide bonds. The Morgan fingerprint density at radius 2 is 1.90 bits per heavy atom. The molecular formula is C22H30N6O2S. The molecule has 2 heterocycles. The summed E-state index contributed by atoms with van der Waals surface area (Å²) in [7, 11) is -3.26. The van der Waals surface area contributed by atoms with Crippen LogP contribution in [0.3, 0.4) is 0 Å². The van der Waals surface area contributed by atoms with Gasteiger partial charge in [0.1, 0.15) is 5.52 Å². The van der Waals surface area contributed by atoms with E-state index >= 15 is 0 Å².